The first-order valence-corrected chi connectivity index (χ1v) is 8.80. The van der Waals surface area contributed by atoms with E-state index < -0.39 is 10.0 Å². The third kappa shape index (κ3) is 5.87. The molecule has 0 fully saturated rings. The molecule has 0 atom stereocenters. The molecular formula is C11H15BrCl2N2O2S. The summed E-state index contributed by atoms with van der Waals surface area (Å²) >= 11 is 15.2. The van der Waals surface area contributed by atoms with Gasteiger partial charge in [0.15, 0.2) is 0 Å². The molecule has 19 heavy (non-hydrogen) atoms. The third-order valence-electron chi connectivity index (χ3n) is 2.19. The molecule has 1 aromatic carbocycles. The lowest BCUT2D eigenvalue weighted by Crippen LogP contribution is -2.31. The predicted molar refractivity (Wildman–Crippen MR) is 84.7 cm³/mol. The number of benzene rings is 1. The summed E-state index contributed by atoms with van der Waals surface area (Å²) in [5.74, 6) is -0.0477. The molecule has 0 spiro atoms. The molecule has 1 aromatic rings. The van der Waals surface area contributed by atoms with Crippen molar-refractivity contribution in [3.05, 3.63) is 26.7 Å². The fraction of sp³-hybridized carbons (Fsp3) is 0.455. The number of nitrogens with one attached hydrogen (secondary N) is 2. The van der Waals surface area contributed by atoms with Gasteiger partial charge in [-0.2, -0.15) is 0 Å². The number of sulfonamides is 1. The van der Waals surface area contributed by atoms with Gasteiger partial charge in [-0.15, -0.1) is 0 Å². The molecule has 0 aliphatic carbocycles. The molecule has 0 bridgehead atoms. The SMILES string of the molecule is CC(C)NCCS(=O)(=O)Nc1c(Cl)cc(Br)cc1Cl. The monoisotopic (exact) mass is 388 g/mol. The summed E-state index contributed by atoms with van der Waals surface area (Å²) in [6.45, 7) is 4.25. The highest BCUT2D eigenvalue weighted by Crippen LogP contribution is 2.34. The Bertz CT molecular complexity index is 527. The fourth-order valence-electron chi connectivity index (χ4n) is 1.33. The van der Waals surface area contributed by atoms with Crippen LogP contribution < -0.4 is 10.0 Å². The molecule has 2 N–H and O–H groups in total. The van der Waals surface area contributed by atoms with Gasteiger partial charge in [0, 0.05) is 17.1 Å². The highest BCUT2D eigenvalue weighted by molar-refractivity contribution is 9.10. The number of anilines is 1. The van der Waals surface area contributed by atoms with E-state index in [2.05, 4.69) is 26.0 Å². The molecule has 0 aliphatic rings. The van der Waals surface area contributed by atoms with Crippen molar-refractivity contribution in [1.82, 2.24) is 5.32 Å². The van der Waals surface area contributed by atoms with Crippen molar-refractivity contribution in [2.75, 3.05) is 17.0 Å². The number of halogens is 3. The van der Waals surface area contributed by atoms with Gasteiger partial charge >= 0.3 is 0 Å². The zero-order valence-electron chi connectivity index (χ0n) is 10.5. The van der Waals surface area contributed by atoms with Crippen molar-refractivity contribution < 1.29 is 8.42 Å². The van der Waals surface area contributed by atoms with Crippen molar-refractivity contribution in [2.45, 2.75) is 19.9 Å². The van der Waals surface area contributed by atoms with Crippen LogP contribution in [0.25, 0.3) is 0 Å². The summed E-state index contributed by atoms with van der Waals surface area (Å²) < 4.78 is 26.9. The summed E-state index contributed by atoms with van der Waals surface area (Å²) in [7, 11) is -3.48. The van der Waals surface area contributed by atoms with Crippen molar-refractivity contribution in [2.24, 2.45) is 0 Å². The van der Waals surface area contributed by atoms with Crippen LogP contribution in [0.2, 0.25) is 10.0 Å². The van der Waals surface area contributed by atoms with E-state index in [1.807, 2.05) is 13.8 Å². The average molecular weight is 390 g/mol. The van der Waals surface area contributed by atoms with Gasteiger partial charge in [0.2, 0.25) is 10.0 Å². The zero-order chi connectivity index (χ0) is 14.6. The molecular weight excluding hydrogens is 375 g/mol. The lowest BCUT2D eigenvalue weighted by atomic mass is 10.3. The van der Waals surface area contributed by atoms with Crippen LogP contribution in [0.3, 0.4) is 0 Å². The van der Waals surface area contributed by atoms with E-state index in [1.54, 1.807) is 12.1 Å². The average Bonchev–Trinajstić information content (AvgIpc) is 2.22. The van der Waals surface area contributed by atoms with Gasteiger partial charge in [0.05, 0.1) is 21.5 Å². The number of hydrogen-bond donors (Lipinski definition) is 2. The zero-order valence-corrected chi connectivity index (χ0v) is 14.4. The van der Waals surface area contributed by atoms with E-state index in [4.69, 9.17) is 23.2 Å². The third-order valence-corrected chi connectivity index (χ3v) is 4.50. The van der Waals surface area contributed by atoms with E-state index in [0.717, 1.165) is 0 Å². The molecule has 0 saturated carbocycles. The molecule has 0 saturated heterocycles. The van der Waals surface area contributed by atoms with Crippen LogP contribution in [0.15, 0.2) is 16.6 Å². The molecule has 0 aromatic heterocycles. The topological polar surface area (TPSA) is 58.2 Å². The highest BCUT2D eigenvalue weighted by Gasteiger charge is 2.15. The number of hydrogen-bond acceptors (Lipinski definition) is 3. The second-order valence-corrected chi connectivity index (χ2v) is 7.85. The van der Waals surface area contributed by atoms with Gasteiger partial charge in [-0.25, -0.2) is 8.42 Å². The molecule has 1 rings (SSSR count). The molecule has 0 heterocycles. The second-order valence-electron chi connectivity index (χ2n) is 4.27. The summed E-state index contributed by atoms with van der Waals surface area (Å²) in [5.41, 5.74) is 0.205. The minimum Gasteiger partial charge on any atom is -0.313 e. The number of rotatable bonds is 6. The lowest BCUT2D eigenvalue weighted by Gasteiger charge is -2.13. The Kier molecular flexibility index (Phi) is 6.39. The van der Waals surface area contributed by atoms with E-state index in [1.165, 1.54) is 0 Å². The van der Waals surface area contributed by atoms with Crippen LogP contribution in [-0.4, -0.2) is 26.8 Å². The Hall–Kier alpha value is -0.0100. The largest absolute Gasteiger partial charge is 0.313 e. The molecule has 108 valence electrons. The smallest absolute Gasteiger partial charge is 0.234 e. The Balaban J connectivity index is 2.79. The fourth-order valence-corrected chi connectivity index (χ4v) is 3.76. The highest BCUT2D eigenvalue weighted by atomic mass is 79.9. The first-order chi connectivity index (χ1) is 8.71. The minimum atomic E-state index is -3.48. The molecule has 8 heteroatoms. The maximum atomic E-state index is 11.9. The normalized spacial score (nSPS) is 11.9. The van der Waals surface area contributed by atoms with Crippen LogP contribution in [0.1, 0.15) is 13.8 Å². The maximum absolute atomic E-state index is 11.9. The van der Waals surface area contributed by atoms with E-state index in [9.17, 15) is 8.42 Å². The van der Waals surface area contributed by atoms with Gasteiger partial charge in [0.25, 0.3) is 0 Å². The van der Waals surface area contributed by atoms with Gasteiger partial charge in [-0.3, -0.25) is 4.72 Å². The van der Waals surface area contributed by atoms with E-state index in [0.29, 0.717) is 11.0 Å². The molecule has 4 nitrogen and oxygen atoms in total. The molecule has 0 radical (unpaired) electrons. The van der Waals surface area contributed by atoms with Crippen molar-refractivity contribution in [3.63, 3.8) is 0 Å². The second kappa shape index (κ2) is 7.13. The Labute approximate surface area is 132 Å². The van der Waals surface area contributed by atoms with Crippen LogP contribution in [0.5, 0.6) is 0 Å². The van der Waals surface area contributed by atoms with E-state index >= 15 is 0 Å². The minimum absolute atomic E-state index is 0.0477. The van der Waals surface area contributed by atoms with Gasteiger partial charge in [0.1, 0.15) is 0 Å². The first kappa shape index (κ1) is 17.0. The Morgan fingerprint density at radius 1 is 1.26 bits per heavy atom. The Morgan fingerprint density at radius 3 is 2.26 bits per heavy atom. The van der Waals surface area contributed by atoms with E-state index in [-0.39, 0.29) is 27.5 Å². The van der Waals surface area contributed by atoms with Crippen LogP contribution >= 0.6 is 39.1 Å². The summed E-state index contributed by atoms with van der Waals surface area (Å²) in [6, 6.07) is 3.39. The quantitative estimate of drug-likeness (QED) is 0.782. The Morgan fingerprint density at radius 2 is 1.79 bits per heavy atom. The summed E-state index contributed by atoms with van der Waals surface area (Å²) in [5, 5.41) is 3.53. The molecule has 0 amide bonds. The standard InChI is InChI=1S/C11H15BrCl2N2O2S/c1-7(2)15-3-4-19(17,18)16-11-9(13)5-8(12)6-10(11)14/h5-7,15-16H,3-4H2,1-2H3. The van der Waals surface area contributed by atoms with Gasteiger partial charge < -0.3 is 5.32 Å². The summed E-state index contributed by atoms with van der Waals surface area (Å²) in [4.78, 5) is 0. The van der Waals surface area contributed by atoms with Gasteiger partial charge in [-0.05, 0) is 12.1 Å². The van der Waals surface area contributed by atoms with Crippen molar-refractivity contribution >= 4 is 54.8 Å². The molecule has 0 unspecified atom stereocenters. The van der Waals surface area contributed by atoms with Crippen molar-refractivity contribution in [3.8, 4) is 0 Å². The predicted octanol–water partition coefficient (Wildman–Crippen LogP) is 3.50. The summed E-state index contributed by atoms with van der Waals surface area (Å²) in [6.07, 6.45) is 0. The van der Waals surface area contributed by atoms with Crippen molar-refractivity contribution in [1.29, 1.82) is 0 Å². The first-order valence-electron chi connectivity index (χ1n) is 5.59. The van der Waals surface area contributed by atoms with Crippen LogP contribution in [-0.2, 0) is 10.0 Å². The van der Waals surface area contributed by atoms with Crippen LogP contribution in [0, 0.1) is 0 Å². The van der Waals surface area contributed by atoms with Crippen LogP contribution in [0.4, 0.5) is 5.69 Å². The lowest BCUT2D eigenvalue weighted by molar-refractivity contribution is 0.582. The molecule has 0 aliphatic heterocycles. The maximum Gasteiger partial charge on any atom is 0.234 e. The van der Waals surface area contributed by atoms with Gasteiger partial charge in [-0.1, -0.05) is 53.0 Å².